The van der Waals surface area contributed by atoms with Gasteiger partial charge in [0.15, 0.2) is 0 Å². The SMILES string of the molecule is C=C(CC(=O)NCCCCCCCCCC)[N+](C)(C)CCCCCCCCCC. The van der Waals surface area contributed by atoms with Gasteiger partial charge < -0.3 is 5.32 Å². The van der Waals surface area contributed by atoms with Gasteiger partial charge in [-0.3, -0.25) is 9.28 Å². The van der Waals surface area contributed by atoms with Gasteiger partial charge in [-0.15, -0.1) is 0 Å². The van der Waals surface area contributed by atoms with Crippen LogP contribution < -0.4 is 5.32 Å². The molecule has 0 atom stereocenters. The van der Waals surface area contributed by atoms with Crippen LogP contribution in [0, 0.1) is 0 Å². The van der Waals surface area contributed by atoms with Crippen LogP contribution in [0.15, 0.2) is 12.3 Å². The van der Waals surface area contributed by atoms with Crippen LogP contribution in [0.25, 0.3) is 0 Å². The van der Waals surface area contributed by atoms with Gasteiger partial charge in [0.25, 0.3) is 0 Å². The molecule has 0 aliphatic rings. The van der Waals surface area contributed by atoms with Crippen molar-refractivity contribution in [1.82, 2.24) is 5.32 Å². The zero-order valence-electron chi connectivity index (χ0n) is 20.5. The summed E-state index contributed by atoms with van der Waals surface area (Å²) in [7, 11) is 4.38. The van der Waals surface area contributed by atoms with E-state index in [0.29, 0.717) is 6.42 Å². The molecule has 0 aliphatic carbocycles. The molecule has 0 unspecified atom stereocenters. The highest BCUT2D eigenvalue weighted by Crippen LogP contribution is 2.16. The standard InChI is InChI=1S/C26H52N2O/c1-6-8-10-12-14-16-18-20-22-27-26(29)24-25(3)28(4,5)23-21-19-17-15-13-11-9-7-2/h3,6-24H2,1-2,4-5H3/p+1. The molecule has 0 aromatic heterocycles. The second-order valence-corrected chi connectivity index (χ2v) is 9.45. The monoisotopic (exact) mass is 409 g/mol. The minimum absolute atomic E-state index is 0.139. The first kappa shape index (κ1) is 28.2. The number of hydrogen-bond acceptors (Lipinski definition) is 1. The highest BCUT2D eigenvalue weighted by atomic mass is 16.1. The Labute approximate surface area is 183 Å². The van der Waals surface area contributed by atoms with E-state index in [2.05, 4.69) is 39.8 Å². The van der Waals surface area contributed by atoms with Crippen molar-refractivity contribution < 1.29 is 9.28 Å². The third-order valence-electron chi connectivity index (χ3n) is 6.14. The fourth-order valence-electron chi connectivity index (χ4n) is 3.75. The van der Waals surface area contributed by atoms with Crippen molar-refractivity contribution in [3.8, 4) is 0 Å². The average molecular weight is 410 g/mol. The van der Waals surface area contributed by atoms with Gasteiger partial charge >= 0.3 is 0 Å². The largest absolute Gasteiger partial charge is 0.356 e. The summed E-state index contributed by atoms with van der Waals surface area (Å²) >= 11 is 0. The molecule has 1 N–H and O–H groups in total. The van der Waals surface area contributed by atoms with Crippen molar-refractivity contribution in [3.05, 3.63) is 12.3 Å². The number of quaternary nitrogens is 1. The summed E-state index contributed by atoms with van der Waals surface area (Å²) in [6, 6.07) is 0. The Morgan fingerprint density at radius 1 is 0.690 bits per heavy atom. The van der Waals surface area contributed by atoms with Crippen molar-refractivity contribution in [3.63, 3.8) is 0 Å². The van der Waals surface area contributed by atoms with Gasteiger partial charge in [-0.05, 0) is 25.8 Å². The van der Waals surface area contributed by atoms with Gasteiger partial charge in [0.05, 0.1) is 20.6 Å². The van der Waals surface area contributed by atoms with Crippen LogP contribution in [0.4, 0.5) is 0 Å². The van der Waals surface area contributed by atoms with Crippen molar-refractivity contribution in [1.29, 1.82) is 0 Å². The molecule has 0 spiro atoms. The smallest absolute Gasteiger partial charge is 0.229 e. The lowest BCUT2D eigenvalue weighted by Gasteiger charge is -2.31. The predicted molar refractivity (Wildman–Crippen MR) is 129 cm³/mol. The molecular weight excluding hydrogens is 356 g/mol. The van der Waals surface area contributed by atoms with E-state index in [9.17, 15) is 4.79 Å². The van der Waals surface area contributed by atoms with E-state index < -0.39 is 0 Å². The molecule has 172 valence electrons. The van der Waals surface area contributed by atoms with Crippen molar-refractivity contribution in [2.75, 3.05) is 27.2 Å². The molecule has 0 bridgehead atoms. The fraction of sp³-hybridized carbons (Fsp3) is 0.885. The molecule has 0 rings (SSSR count). The van der Waals surface area contributed by atoms with Gasteiger partial charge in [-0.1, -0.05) is 97.3 Å². The lowest BCUT2D eigenvalue weighted by Crippen LogP contribution is -2.41. The second-order valence-electron chi connectivity index (χ2n) is 9.45. The van der Waals surface area contributed by atoms with E-state index >= 15 is 0 Å². The zero-order chi connectivity index (χ0) is 21.8. The summed E-state index contributed by atoms with van der Waals surface area (Å²) in [6.45, 7) is 10.6. The molecule has 29 heavy (non-hydrogen) atoms. The minimum atomic E-state index is 0.139. The summed E-state index contributed by atoms with van der Waals surface area (Å²) in [6.07, 6.45) is 21.6. The summed E-state index contributed by atoms with van der Waals surface area (Å²) < 4.78 is 0.765. The Morgan fingerprint density at radius 2 is 1.10 bits per heavy atom. The van der Waals surface area contributed by atoms with Gasteiger partial charge in [0.2, 0.25) is 5.91 Å². The minimum Gasteiger partial charge on any atom is -0.356 e. The van der Waals surface area contributed by atoms with Gasteiger partial charge in [0.1, 0.15) is 12.1 Å². The van der Waals surface area contributed by atoms with Crippen molar-refractivity contribution in [2.24, 2.45) is 0 Å². The van der Waals surface area contributed by atoms with Crippen LogP contribution in [0.1, 0.15) is 123 Å². The molecule has 0 saturated carbocycles. The number of nitrogens with one attached hydrogen (secondary N) is 1. The second kappa shape index (κ2) is 19.2. The van der Waals surface area contributed by atoms with Gasteiger partial charge in [0, 0.05) is 6.54 Å². The molecule has 0 aromatic carbocycles. The molecule has 0 saturated heterocycles. The first-order valence-electron chi connectivity index (χ1n) is 12.7. The Balaban J connectivity index is 3.70. The van der Waals surface area contributed by atoms with Crippen LogP contribution in [-0.4, -0.2) is 37.6 Å². The summed E-state index contributed by atoms with van der Waals surface area (Å²) in [4.78, 5) is 12.2. The number of rotatable bonds is 21. The average Bonchev–Trinajstić information content (AvgIpc) is 2.68. The number of carbonyl (C=O) groups is 1. The number of amides is 1. The highest BCUT2D eigenvalue weighted by molar-refractivity contribution is 5.77. The van der Waals surface area contributed by atoms with E-state index in [1.54, 1.807) is 0 Å². The van der Waals surface area contributed by atoms with Crippen LogP contribution in [-0.2, 0) is 4.79 Å². The normalized spacial score (nSPS) is 11.6. The maximum absolute atomic E-state index is 12.2. The molecule has 0 radical (unpaired) electrons. The van der Waals surface area contributed by atoms with Gasteiger partial charge in [-0.25, -0.2) is 0 Å². The first-order chi connectivity index (χ1) is 13.9. The van der Waals surface area contributed by atoms with Gasteiger partial charge in [-0.2, -0.15) is 0 Å². The molecular formula is C26H53N2O+. The topological polar surface area (TPSA) is 29.1 Å². The Kier molecular flexibility index (Phi) is 18.6. The molecule has 3 nitrogen and oxygen atoms in total. The predicted octanol–water partition coefficient (Wildman–Crippen LogP) is 7.36. The van der Waals surface area contributed by atoms with Crippen LogP contribution in [0.5, 0.6) is 0 Å². The lowest BCUT2D eigenvalue weighted by atomic mass is 10.1. The van der Waals surface area contributed by atoms with E-state index in [1.165, 1.54) is 96.3 Å². The summed E-state index contributed by atoms with van der Waals surface area (Å²) in [5.74, 6) is 0.139. The molecule has 3 heteroatoms. The van der Waals surface area contributed by atoms with Crippen molar-refractivity contribution >= 4 is 5.91 Å². The van der Waals surface area contributed by atoms with Crippen LogP contribution in [0.2, 0.25) is 0 Å². The third kappa shape index (κ3) is 17.7. The summed E-state index contributed by atoms with van der Waals surface area (Å²) in [5, 5.41) is 3.09. The number of hydrogen-bond donors (Lipinski definition) is 1. The quantitative estimate of drug-likeness (QED) is 0.156. The number of nitrogens with zero attached hydrogens (tertiary/aromatic N) is 1. The Bertz CT molecular complexity index is 404. The van der Waals surface area contributed by atoms with E-state index in [0.717, 1.165) is 29.7 Å². The Hall–Kier alpha value is -0.830. The molecule has 0 aromatic rings. The number of carbonyl (C=O) groups excluding carboxylic acids is 1. The zero-order valence-corrected chi connectivity index (χ0v) is 20.5. The lowest BCUT2D eigenvalue weighted by molar-refractivity contribution is -0.853. The van der Waals surface area contributed by atoms with E-state index in [1.807, 2.05) is 0 Å². The molecule has 0 fully saturated rings. The molecule has 0 aliphatic heterocycles. The molecule has 1 amide bonds. The highest BCUT2D eigenvalue weighted by Gasteiger charge is 2.22. The van der Waals surface area contributed by atoms with E-state index in [4.69, 9.17) is 0 Å². The Morgan fingerprint density at radius 3 is 1.59 bits per heavy atom. The summed E-state index contributed by atoms with van der Waals surface area (Å²) in [5.41, 5.74) is 1.03. The third-order valence-corrected chi connectivity index (χ3v) is 6.14. The maximum atomic E-state index is 12.2. The van der Waals surface area contributed by atoms with Crippen LogP contribution >= 0.6 is 0 Å². The molecule has 0 heterocycles. The fourth-order valence-corrected chi connectivity index (χ4v) is 3.75. The maximum Gasteiger partial charge on any atom is 0.229 e. The van der Waals surface area contributed by atoms with Crippen LogP contribution in [0.3, 0.4) is 0 Å². The number of unbranched alkanes of at least 4 members (excludes halogenated alkanes) is 14. The van der Waals surface area contributed by atoms with E-state index in [-0.39, 0.29) is 5.91 Å². The first-order valence-corrected chi connectivity index (χ1v) is 12.7. The van der Waals surface area contributed by atoms with Crippen molar-refractivity contribution in [2.45, 2.75) is 123 Å².